The van der Waals surface area contributed by atoms with E-state index in [9.17, 15) is 4.79 Å². The molecule has 1 aromatic heterocycles. The molecule has 1 aliphatic rings. The molecule has 0 saturated carbocycles. The number of amides is 1. The lowest BCUT2D eigenvalue weighted by Crippen LogP contribution is -2.39. The van der Waals surface area contributed by atoms with Gasteiger partial charge < -0.3 is 9.80 Å². The van der Waals surface area contributed by atoms with Gasteiger partial charge in [-0.3, -0.25) is 4.79 Å². The lowest BCUT2D eigenvalue weighted by Gasteiger charge is -2.25. The van der Waals surface area contributed by atoms with Crippen LogP contribution < -0.4 is 0 Å². The summed E-state index contributed by atoms with van der Waals surface area (Å²) in [4.78, 5) is 17.8. The molecule has 1 amide bonds. The molecule has 2 heterocycles. The maximum absolute atomic E-state index is 12.3. The standard InChI is InChI=1S/C14H22N2OS/c1-4-13-8-11(10-18-13)14(17)16(3)9-12-6-5-7-15(12)2/h8,10,12H,4-7,9H2,1-3H3. The molecule has 1 aromatic rings. The van der Waals surface area contributed by atoms with Gasteiger partial charge in [0.1, 0.15) is 0 Å². The van der Waals surface area contributed by atoms with Crippen molar-refractivity contribution < 1.29 is 4.79 Å². The van der Waals surface area contributed by atoms with Crippen molar-refractivity contribution in [1.29, 1.82) is 0 Å². The second-order valence-electron chi connectivity index (χ2n) is 5.12. The van der Waals surface area contributed by atoms with E-state index in [2.05, 4.69) is 18.9 Å². The Morgan fingerprint density at radius 3 is 2.94 bits per heavy atom. The van der Waals surface area contributed by atoms with Crippen molar-refractivity contribution in [1.82, 2.24) is 9.80 Å². The quantitative estimate of drug-likeness (QED) is 0.836. The first kappa shape index (κ1) is 13.6. The van der Waals surface area contributed by atoms with E-state index in [4.69, 9.17) is 0 Å². The van der Waals surface area contributed by atoms with E-state index in [0.29, 0.717) is 6.04 Å². The highest BCUT2D eigenvalue weighted by molar-refractivity contribution is 7.10. The zero-order valence-electron chi connectivity index (χ0n) is 11.5. The average Bonchev–Trinajstić information content (AvgIpc) is 2.98. The van der Waals surface area contributed by atoms with Crippen LogP contribution in [0.3, 0.4) is 0 Å². The lowest BCUT2D eigenvalue weighted by atomic mass is 10.2. The Morgan fingerprint density at radius 1 is 1.61 bits per heavy atom. The molecule has 1 fully saturated rings. The summed E-state index contributed by atoms with van der Waals surface area (Å²) in [5.41, 5.74) is 0.847. The molecule has 3 nitrogen and oxygen atoms in total. The molecule has 0 bridgehead atoms. The zero-order chi connectivity index (χ0) is 13.1. The number of thiophene rings is 1. The van der Waals surface area contributed by atoms with Crippen LogP contribution in [0.5, 0.6) is 0 Å². The first-order valence-corrected chi connectivity index (χ1v) is 7.53. The Hall–Kier alpha value is -0.870. The van der Waals surface area contributed by atoms with Crippen molar-refractivity contribution in [2.75, 3.05) is 27.2 Å². The van der Waals surface area contributed by atoms with Crippen LogP contribution in [0.25, 0.3) is 0 Å². The average molecular weight is 266 g/mol. The summed E-state index contributed by atoms with van der Waals surface area (Å²) in [6, 6.07) is 2.56. The van der Waals surface area contributed by atoms with Crippen molar-refractivity contribution >= 4 is 17.2 Å². The molecule has 1 unspecified atom stereocenters. The minimum atomic E-state index is 0.159. The second-order valence-corrected chi connectivity index (χ2v) is 6.11. The topological polar surface area (TPSA) is 23.6 Å². The monoisotopic (exact) mass is 266 g/mol. The molecule has 100 valence electrons. The fourth-order valence-corrected chi connectivity index (χ4v) is 3.32. The summed E-state index contributed by atoms with van der Waals surface area (Å²) in [7, 11) is 4.06. The minimum absolute atomic E-state index is 0.159. The highest BCUT2D eigenvalue weighted by atomic mass is 32.1. The van der Waals surface area contributed by atoms with E-state index < -0.39 is 0 Å². The Kier molecular flexibility index (Phi) is 4.40. The van der Waals surface area contributed by atoms with Crippen LogP contribution in [0.1, 0.15) is 35.0 Å². The van der Waals surface area contributed by atoms with Gasteiger partial charge in [-0.25, -0.2) is 0 Å². The number of aryl methyl sites for hydroxylation is 1. The number of hydrogen-bond acceptors (Lipinski definition) is 3. The van der Waals surface area contributed by atoms with Crippen molar-refractivity contribution in [2.45, 2.75) is 32.2 Å². The summed E-state index contributed by atoms with van der Waals surface area (Å²) < 4.78 is 0. The second kappa shape index (κ2) is 5.85. The van der Waals surface area contributed by atoms with Gasteiger partial charge in [0.25, 0.3) is 5.91 Å². The smallest absolute Gasteiger partial charge is 0.254 e. The molecule has 1 aliphatic heterocycles. The van der Waals surface area contributed by atoms with Gasteiger partial charge in [0.2, 0.25) is 0 Å². The summed E-state index contributed by atoms with van der Waals surface area (Å²) in [5.74, 6) is 0.159. The molecular weight excluding hydrogens is 244 g/mol. The van der Waals surface area contributed by atoms with Gasteiger partial charge in [-0.15, -0.1) is 11.3 Å². The van der Waals surface area contributed by atoms with Crippen LogP contribution in [-0.2, 0) is 6.42 Å². The van der Waals surface area contributed by atoms with Crippen LogP contribution in [0.15, 0.2) is 11.4 Å². The molecule has 1 atom stereocenters. The Labute approximate surface area is 113 Å². The number of likely N-dealkylation sites (N-methyl/N-ethyl adjacent to an activating group) is 2. The zero-order valence-corrected chi connectivity index (χ0v) is 12.3. The maximum atomic E-state index is 12.3. The van der Waals surface area contributed by atoms with E-state index in [-0.39, 0.29) is 5.91 Å². The van der Waals surface area contributed by atoms with Crippen molar-refractivity contribution in [3.63, 3.8) is 0 Å². The first-order chi connectivity index (χ1) is 8.61. The highest BCUT2D eigenvalue weighted by Gasteiger charge is 2.24. The number of hydrogen-bond donors (Lipinski definition) is 0. The number of carbonyl (C=O) groups excluding carboxylic acids is 1. The van der Waals surface area contributed by atoms with Gasteiger partial charge in [0.05, 0.1) is 5.56 Å². The minimum Gasteiger partial charge on any atom is -0.340 e. The first-order valence-electron chi connectivity index (χ1n) is 6.65. The van der Waals surface area contributed by atoms with Crippen molar-refractivity contribution in [2.24, 2.45) is 0 Å². The SMILES string of the molecule is CCc1cc(C(=O)N(C)CC2CCCN2C)cs1. The van der Waals surface area contributed by atoms with Gasteiger partial charge in [-0.2, -0.15) is 0 Å². The van der Waals surface area contributed by atoms with Gasteiger partial charge >= 0.3 is 0 Å². The third-order valence-electron chi connectivity index (χ3n) is 3.75. The van der Waals surface area contributed by atoms with Crippen LogP contribution >= 0.6 is 11.3 Å². The molecule has 1 saturated heterocycles. The fraction of sp³-hybridized carbons (Fsp3) is 0.643. The van der Waals surface area contributed by atoms with Gasteiger partial charge in [-0.1, -0.05) is 6.92 Å². The van der Waals surface area contributed by atoms with E-state index in [0.717, 1.165) is 25.1 Å². The van der Waals surface area contributed by atoms with E-state index in [1.165, 1.54) is 17.7 Å². The molecular formula is C14H22N2OS. The van der Waals surface area contributed by atoms with Gasteiger partial charge in [0, 0.05) is 29.9 Å². The third-order valence-corrected chi connectivity index (χ3v) is 4.83. The molecule has 0 spiro atoms. The third kappa shape index (κ3) is 2.93. The summed E-state index contributed by atoms with van der Waals surface area (Å²) in [6.45, 7) is 4.12. The summed E-state index contributed by atoms with van der Waals surface area (Å²) in [5, 5.41) is 1.98. The molecule has 0 aliphatic carbocycles. The Morgan fingerprint density at radius 2 is 2.39 bits per heavy atom. The van der Waals surface area contributed by atoms with Crippen LogP contribution in [0.4, 0.5) is 0 Å². The summed E-state index contributed by atoms with van der Waals surface area (Å²) in [6.07, 6.45) is 3.46. The van der Waals surface area contributed by atoms with Crippen molar-refractivity contribution in [3.8, 4) is 0 Å². The molecule has 4 heteroatoms. The number of carbonyl (C=O) groups is 1. The summed E-state index contributed by atoms with van der Waals surface area (Å²) >= 11 is 1.68. The molecule has 0 N–H and O–H groups in total. The van der Waals surface area contributed by atoms with Crippen LogP contribution in [0, 0.1) is 0 Å². The predicted octanol–water partition coefficient (Wildman–Crippen LogP) is 2.48. The maximum Gasteiger partial charge on any atom is 0.254 e. The largest absolute Gasteiger partial charge is 0.340 e. The number of nitrogens with zero attached hydrogens (tertiary/aromatic N) is 2. The van der Waals surface area contributed by atoms with E-state index >= 15 is 0 Å². The lowest BCUT2D eigenvalue weighted by molar-refractivity contribution is 0.0762. The van der Waals surface area contributed by atoms with Gasteiger partial charge in [-0.05, 0) is 38.9 Å². The molecule has 18 heavy (non-hydrogen) atoms. The van der Waals surface area contributed by atoms with Gasteiger partial charge in [0.15, 0.2) is 0 Å². The predicted molar refractivity (Wildman–Crippen MR) is 76.3 cm³/mol. The number of likely N-dealkylation sites (tertiary alicyclic amines) is 1. The van der Waals surface area contributed by atoms with E-state index in [1.54, 1.807) is 11.3 Å². The Bertz CT molecular complexity index is 416. The fourth-order valence-electron chi connectivity index (χ4n) is 2.51. The van der Waals surface area contributed by atoms with Crippen molar-refractivity contribution in [3.05, 3.63) is 21.9 Å². The molecule has 0 radical (unpaired) electrons. The highest BCUT2D eigenvalue weighted by Crippen LogP contribution is 2.19. The Balaban J connectivity index is 1.95. The van der Waals surface area contributed by atoms with E-state index in [1.807, 2.05) is 23.4 Å². The van der Waals surface area contributed by atoms with Crippen LogP contribution in [-0.4, -0.2) is 48.9 Å². The van der Waals surface area contributed by atoms with Crippen LogP contribution in [0.2, 0.25) is 0 Å². The molecule has 0 aromatic carbocycles. The number of rotatable bonds is 4. The normalized spacial score (nSPS) is 20.3. The molecule has 2 rings (SSSR count).